The summed E-state index contributed by atoms with van der Waals surface area (Å²) in [7, 11) is 0. The largest absolute Gasteiger partial charge is 0.481 e. The van der Waals surface area contributed by atoms with Crippen LogP contribution in [-0.4, -0.2) is 16.9 Å². The molecule has 0 aromatic carbocycles. The molecule has 0 aliphatic heterocycles. The van der Waals surface area contributed by atoms with Crippen LogP contribution in [0.15, 0.2) is 16.8 Å². The van der Waals surface area contributed by atoms with Crippen LogP contribution in [0.5, 0.6) is 0 Å². The van der Waals surface area contributed by atoms with Crippen LogP contribution >= 0.6 is 11.3 Å². The lowest BCUT2D eigenvalue weighted by Gasteiger charge is -1.93. The van der Waals surface area contributed by atoms with E-state index in [-0.39, 0.29) is 18.6 Å². The number of carboxylic acids is 1. The topological polar surface area (TPSA) is 54.4 Å². The number of ketones is 1. The second-order valence-electron chi connectivity index (χ2n) is 2.33. The van der Waals surface area contributed by atoms with Crippen LogP contribution in [0.2, 0.25) is 0 Å². The summed E-state index contributed by atoms with van der Waals surface area (Å²) >= 11 is 1.43. The Morgan fingerprint density at radius 1 is 1.42 bits per heavy atom. The highest BCUT2D eigenvalue weighted by atomic mass is 32.1. The summed E-state index contributed by atoms with van der Waals surface area (Å²) in [6.07, 6.45) is 0.000741. The molecule has 0 fully saturated rings. The lowest BCUT2D eigenvalue weighted by atomic mass is 10.1. The van der Waals surface area contributed by atoms with Gasteiger partial charge in [-0.1, -0.05) is 0 Å². The number of hydrogen-bond acceptors (Lipinski definition) is 3. The first-order valence-electron chi connectivity index (χ1n) is 3.47. The molecule has 0 atom stereocenters. The van der Waals surface area contributed by atoms with Gasteiger partial charge < -0.3 is 5.11 Å². The summed E-state index contributed by atoms with van der Waals surface area (Å²) in [4.78, 5) is 21.3. The molecule has 12 heavy (non-hydrogen) atoms. The Labute approximate surface area is 73.6 Å². The molecule has 4 heteroatoms. The Balaban J connectivity index is 2.45. The molecule has 0 amide bonds. The average Bonchev–Trinajstić information content (AvgIpc) is 2.51. The molecule has 0 unspecified atom stereocenters. The SMILES string of the molecule is O=C(O)CCC(=O)c1ccsc1. The van der Waals surface area contributed by atoms with Crippen LogP contribution in [-0.2, 0) is 4.79 Å². The molecule has 3 nitrogen and oxygen atoms in total. The van der Waals surface area contributed by atoms with E-state index < -0.39 is 5.97 Å². The van der Waals surface area contributed by atoms with Gasteiger partial charge in [-0.25, -0.2) is 0 Å². The lowest BCUT2D eigenvalue weighted by Crippen LogP contribution is -2.02. The summed E-state index contributed by atoms with van der Waals surface area (Å²) in [5.74, 6) is -1.03. The molecular weight excluding hydrogens is 176 g/mol. The molecule has 1 heterocycles. The van der Waals surface area contributed by atoms with Crippen LogP contribution in [0.3, 0.4) is 0 Å². The van der Waals surface area contributed by atoms with E-state index in [1.807, 2.05) is 0 Å². The lowest BCUT2D eigenvalue weighted by molar-refractivity contribution is -0.136. The van der Waals surface area contributed by atoms with Gasteiger partial charge in [0, 0.05) is 17.4 Å². The Hall–Kier alpha value is -1.16. The van der Waals surface area contributed by atoms with Crippen molar-refractivity contribution >= 4 is 23.1 Å². The van der Waals surface area contributed by atoms with Gasteiger partial charge in [0.15, 0.2) is 5.78 Å². The summed E-state index contributed by atoms with van der Waals surface area (Å²) < 4.78 is 0. The number of carbonyl (C=O) groups excluding carboxylic acids is 1. The summed E-state index contributed by atoms with van der Waals surface area (Å²) in [6, 6.07) is 1.70. The van der Waals surface area contributed by atoms with E-state index in [0.717, 1.165) is 0 Å². The summed E-state index contributed by atoms with van der Waals surface area (Å²) in [5.41, 5.74) is 0.612. The molecule has 64 valence electrons. The standard InChI is InChI=1S/C8H8O3S/c9-7(1-2-8(10)11)6-3-4-12-5-6/h3-5H,1-2H2,(H,10,11). The van der Waals surface area contributed by atoms with Gasteiger partial charge in [-0.05, 0) is 11.4 Å². The highest BCUT2D eigenvalue weighted by Crippen LogP contribution is 2.09. The normalized spacial score (nSPS) is 9.67. The molecule has 0 aliphatic carbocycles. The van der Waals surface area contributed by atoms with Crippen molar-refractivity contribution in [2.24, 2.45) is 0 Å². The molecule has 1 aromatic rings. The number of rotatable bonds is 4. The van der Waals surface area contributed by atoms with Gasteiger partial charge >= 0.3 is 5.97 Å². The number of Topliss-reactive ketones (excluding diaryl/α,β-unsaturated/α-hetero) is 1. The Morgan fingerprint density at radius 2 is 2.17 bits per heavy atom. The van der Waals surface area contributed by atoms with E-state index in [1.54, 1.807) is 16.8 Å². The molecule has 0 radical (unpaired) electrons. The van der Waals surface area contributed by atoms with E-state index in [1.165, 1.54) is 11.3 Å². The maximum Gasteiger partial charge on any atom is 0.303 e. The molecule has 1 N–H and O–H groups in total. The van der Waals surface area contributed by atoms with Crippen LogP contribution < -0.4 is 0 Å². The van der Waals surface area contributed by atoms with E-state index in [4.69, 9.17) is 5.11 Å². The average molecular weight is 184 g/mol. The number of carboxylic acid groups (broad SMARTS) is 1. The van der Waals surface area contributed by atoms with E-state index >= 15 is 0 Å². The molecule has 0 saturated heterocycles. The highest BCUT2D eigenvalue weighted by molar-refractivity contribution is 7.08. The zero-order valence-electron chi connectivity index (χ0n) is 6.32. The van der Waals surface area contributed by atoms with Crippen molar-refractivity contribution in [2.75, 3.05) is 0 Å². The zero-order chi connectivity index (χ0) is 8.97. The predicted molar refractivity (Wildman–Crippen MR) is 45.5 cm³/mol. The molecular formula is C8H8O3S. The fourth-order valence-electron chi connectivity index (χ4n) is 0.788. The zero-order valence-corrected chi connectivity index (χ0v) is 7.13. The third-order valence-electron chi connectivity index (χ3n) is 1.41. The number of carbonyl (C=O) groups is 2. The van der Waals surface area contributed by atoms with Gasteiger partial charge in [-0.3, -0.25) is 9.59 Å². The van der Waals surface area contributed by atoms with Gasteiger partial charge in [0.2, 0.25) is 0 Å². The number of hydrogen-bond donors (Lipinski definition) is 1. The minimum absolute atomic E-state index is 0.0886. The van der Waals surface area contributed by atoms with Crippen molar-refractivity contribution in [1.82, 2.24) is 0 Å². The summed E-state index contributed by atoms with van der Waals surface area (Å²) in [6.45, 7) is 0. The molecule has 0 bridgehead atoms. The predicted octanol–water partition coefficient (Wildman–Crippen LogP) is 1.80. The van der Waals surface area contributed by atoms with Crippen molar-refractivity contribution in [2.45, 2.75) is 12.8 Å². The third-order valence-corrected chi connectivity index (χ3v) is 2.09. The molecule has 0 saturated carbocycles. The number of thiophene rings is 1. The van der Waals surface area contributed by atoms with Gasteiger partial charge in [0.25, 0.3) is 0 Å². The maximum absolute atomic E-state index is 11.2. The number of aliphatic carboxylic acids is 1. The van der Waals surface area contributed by atoms with Crippen molar-refractivity contribution in [1.29, 1.82) is 0 Å². The van der Waals surface area contributed by atoms with Crippen molar-refractivity contribution in [3.63, 3.8) is 0 Å². The van der Waals surface area contributed by atoms with Gasteiger partial charge in [-0.15, -0.1) is 0 Å². The maximum atomic E-state index is 11.2. The smallest absolute Gasteiger partial charge is 0.303 e. The Morgan fingerprint density at radius 3 is 2.67 bits per heavy atom. The first kappa shape index (κ1) is 8.93. The van der Waals surface area contributed by atoms with Gasteiger partial charge in [0.05, 0.1) is 6.42 Å². The monoisotopic (exact) mass is 184 g/mol. The van der Waals surface area contributed by atoms with E-state index in [0.29, 0.717) is 5.56 Å². The van der Waals surface area contributed by atoms with E-state index in [2.05, 4.69) is 0 Å². The van der Waals surface area contributed by atoms with Crippen molar-refractivity contribution in [3.8, 4) is 0 Å². The first-order valence-corrected chi connectivity index (χ1v) is 4.41. The van der Waals surface area contributed by atoms with Gasteiger partial charge in [-0.2, -0.15) is 11.3 Å². The molecule has 1 aromatic heterocycles. The van der Waals surface area contributed by atoms with Crippen LogP contribution in [0.25, 0.3) is 0 Å². The minimum atomic E-state index is -0.932. The fourth-order valence-corrected chi connectivity index (χ4v) is 1.45. The molecule has 0 spiro atoms. The second kappa shape index (κ2) is 4.01. The third kappa shape index (κ3) is 2.47. The van der Waals surface area contributed by atoms with Crippen molar-refractivity contribution < 1.29 is 14.7 Å². The highest BCUT2D eigenvalue weighted by Gasteiger charge is 2.07. The fraction of sp³-hybridized carbons (Fsp3) is 0.250. The summed E-state index contributed by atoms with van der Waals surface area (Å²) in [5, 5.41) is 11.8. The molecule has 1 rings (SSSR count). The quantitative estimate of drug-likeness (QED) is 0.726. The molecule has 0 aliphatic rings. The van der Waals surface area contributed by atoms with Crippen LogP contribution in [0.1, 0.15) is 23.2 Å². The second-order valence-corrected chi connectivity index (χ2v) is 3.11. The van der Waals surface area contributed by atoms with Crippen LogP contribution in [0.4, 0.5) is 0 Å². The Bertz CT molecular complexity index is 277. The minimum Gasteiger partial charge on any atom is -0.481 e. The van der Waals surface area contributed by atoms with Crippen molar-refractivity contribution in [3.05, 3.63) is 22.4 Å². The van der Waals surface area contributed by atoms with Gasteiger partial charge in [0.1, 0.15) is 0 Å². The van der Waals surface area contributed by atoms with Crippen LogP contribution in [0, 0.1) is 0 Å². The Kier molecular flexibility index (Phi) is 2.99. The first-order chi connectivity index (χ1) is 5.70. The van der Waals surface area contributed by atoms with E-state index in [9.17, 15) is 9.59 Å².